The lowest BCUT2D eigenvalue weighted by atomic mass is 10.2. The van der Waals surface area contributed by atoms with Crippen LogP contribution in [0.2, 0.25) is 0 Å². The molecule has 0 aliphatic carbocycles. The molecule has 0 aliphatic heterocycles. The highest BCUT2D eigenvalue weighted by Crippen LogP contribution is 2.10. The lowest BCUT2D eigenvalue weighted by Gasteiger charge is -2.06. The van der Waals surface area contributed by atoms with Crippen molar-refractivity contribution in [2.24, 2.45) is 0 Å². The second-order valence-corrected chi connectivity index (χ2v) is 4.93. The number of para-hydroxylation sites is 2. The summed E-state index contributed by atoms with van der Waals surface area (Å²) in [5.74, 6) is -0.810. The first-order valence-electron chi connectivity index (χ1n) is 7.27. The quantitative estimate of drug-likeness (QED) is 0.774. The van der Waals surface area contributed by atoms with Gasteiger partial charge in [0.1, 0.15) is 17.7 Å². The van der Waals surface area contributed by atoms with Crippen LogP contribution in [-0.4, -0.2) is 21.8 Å². The van der Waals surface area contributed by atoms with Gasteiger partial charge < -0.3 is 10.6 Å². The standard InChI is InChI=1S/C18H14N4O2/c23-17(21-13-7-3-1-4-8-13)15-11-16(20-12-19-15)18(24)22-14-9-5-2-6-10-14/h1-12H,(H,21,23)(H,22,24). The Morgan fingerprint density at radius 1 is 0.667 bits per heavy atom. The van der Waals surface area contributed by atoms with Gasteiger partial charge in [-0.15, -0.1) is 0 Å². The molecule has 1 aromatic heterocycles. The SMILES string of the molecule is O=C(Nc1ccccc1)c1cc(C(=O)Nc2ccccc2)ncn1. The Balaban J connectivity index is 1.74. The van der Waals surface area contributed by atoms with Crippen molar-refractivity contribution in [2.45, 2.75) is 0 Å². The Bertz CT molecular complexity index is 782. The van der Waals surface area contributed by atoms with E-state index in [1.807, 2.05) is 36.4 Å². The van der Waals surface area contributed by atoms with E-state index in [4.69, 9.17) is 0 Å². The van der Waals surface area contributed by atoms with Crippen molar-refractivity contribution in [3.05, 3.63) is 84.4 Å². The van der Waals surface area contributed by atoms with Crippen LogP contribution in [-0.2, 0) is 0 Å². The molecule has 0 atom stereocenters. The first-order valence-corrected chi connectivity index (χ1v) is 7.27. The van der Waals surface area contributed by atoms with Gasteiger partial charge in [0.05, 0.1) is 0 Å². The van der Waals surface area contributed by atoms with Gasteiger partial charge in [-0.05, 0) is 24.3 Å². The van der Waals surface area contributed by atoms with E-state index in [9.17, 15) is 9.59 Å². The molecular formula is C18H14N4O2. The van der Waals surface area contributed by atoms with Crippen molar-refractivity contribution in [3.8, 4) is 0 Å². The van der Waals surface area contributed by atoms with E-state index in [0.29, 0.717) is 11.4 Å². The minimum Gasteiger partial charge on any atom is -0.321 e. The second kappa shape index (κ2) is 7.15. The maximum atomic E-state index is 12.2. The number of carbonyl (C=O) groups excluding carboxylic acids is 2. The Hall–Kier alpha value is -3.54. The smallest absolute Gasteiger partial charge is 0.274 e. The zero-order chi connectivity index (χ0) is 16.8. The van der Waals surface area contributed by atoms with E-state index in [2.05, 4.69) is 20.6 Å². The molecule has 24 heavy (non-hydrogen) atoms. The summed E-state index contributed by atoms with van der Waals surface area (Å²) in [6.07, 6.45) is 1.19. The molecule has 2 amide bonds. The third-order valence-electron chi connectivity index (χ3n) is 3.20. The van der Waals surface area contributed by atoms with E-state index >= 15 is 0 Å². The molecule has 3 rings (SSSR count). The van der Waals surface area contributed by atoms with Gasteiger partial charge in [-0.25, -0.2) is 9.97 Å². The summed E-state index contributed by atoms with van der Waals surface area (Å²) in [6.45, 7) is 0. The highest BCUT2D eigenvalue weighted by Gasteiger charge is 2.13. The van der Waals surface area contributed by atoms with Crippen molar-refractivity contribution in [2.75, 3.05) is 10.6 Å². The minimum absolute atomic E-state index is 0.118. The fourth-order valence-electron chi connectivity index (χ4n) is 2.04. The van der Waals surface area contributed by atoms with E-state index in [1.54, 1.807) is 24.3 Å². The van der Waals surface area contributed by atoms with Gasteiger partial charge in [-0.1, -0.05) is 36.4 Å². The molecule has 1 heterocycles. The molecule has 6 heteroatoms. The molecule has 0 bridgehead atoms. The molecule has 0 unspecified atom stereocenters. The van der Waals surface area contributed by atoms with Crippen molar-refractivity contribution < 1.29 is 9.59 Å². The summed E-state index contributed by atoms with van der Waals surface area (Å²) in [7, 11) is 0. The van der Waals surface area contributed by atoms with E-state index in [1.165, 1.54) is 12.4 Å². The number of hydrogen-bond donors (Lipinski definition) is 2. The van der Waals surface area contributed by atoms with Crippen LogP contribution in [0, 0.1) is 0 Å². The van der Waals surface area contributed by atoms with Crippen LogP contribution in [0.3, 0.4) is 0 Å². The zero-order valence-electron chi connectivity index (χ0n) is 12.6. The van der Waals surface area contributed by atoms with Crippen molar-refractivity contribution in [1.82, 2.24) is 9.97 Å². The number of nitrogens with zero attached hydrogens (tertiary/aromatic N) is 2. The summed E-state index contributed by atoms with van der Waals surface area (Å²) in [5.41, 5.74) is 1.53. The van der Waals surface area contributed by atoms with Gasteiger partial charge in [0.25, 0.3) is 11.8 Å². The van der Waals surface area contributed by atoms with Gasteiger partial charge >= 0.3 is 0 Å². The third kappa shape index (κ3) is 3.80. The maximum Gasteiger partial charge on any atom is 0.274 e. The highest BCUT2D eigenvalue weighted by molar-refractivity contribution is 6.06. The first-order chi connectivity index (χ1) is 11.7. The molecule has 2 N–H and O–H groups in total. The summed E-state index contributed by atoms with van der Waals surface area (Å²) in [5, 5.41) is 5.43. The third-order valence-corrected chi connectivity index (χ3v) is 3.20. The first kappa shape index (κ1) is 15.4. The number of rotatable bonds is 4. The Morgan fingerprint density at radius 3 is 1.50 bits per heavy atom. The van der Waals surface area contributed by atoms with E-state index < -0.39 is 11.8 Å². The molecule has 0 radical (unpaired) electrons. The van der Waals surface area contributed by atoms with Crippen LogP contribution in [0.15, 0.2) is 73.1 Å². The Kier molecular flexibility index (Phi) is 4.57. The molecule has 0 aliphatic rings. The number of aromatic nitrogens is 2. The lowest BCUT2D eigenvalue weighted by Crippen LogP contribution is -2.18. The van der Waals surface area contributed by atoms with Gasteiger partial charge in [-0.2, -0.15) is 0 Å². The van der Waals surface area contributed by atoms with Gasteiger partial charge in [0.2, 0.25) is 0 Å². The largest absolute Gasteiger partial charge is 0.321 e. The van der Waals surface area contributed by atoms with Gasteiger partial charge in [-0.3, -0.25) is 9.59 Å². The van der Waals surface area contributed by atoms with Crippen molar-refractivity contribution >= 4 is 23.2 Å². The Labute approximate surface area is 138 Å². The van der Waals surface area contributed by atoms with Crippen LogP contribution < -0.4 is 10.6 Å². The minimum atomic E-state index is -0.405. The molecule has 118 valence electrons. The molecule has 0 fully saturated rings. The normalized spacial score (nSPS) is 10.0. The predicted octanol–water partition coefficient (Wildman–Crippen LogP) is 2.98. The van der Waals surface area contributed by atoms with Gasteiger partial charge in [0, 0.05) is 17.4 Å². The van der Waals surface area contributed by atoms with Crippen LogP contribution in [0.4, 0.5) is 11.4 Å². The second-order valence-electron chi connectivity index (χ2n) is 4.93. The number of anilines is 2. The van der Waals surface area contributed by atoms with Crippen molar-refractivity contribution in [3.63, 3.8) is 0 Å². The average molecular weight is 318 g/mol. The number of carbonyl (C=O) groups is 2. The fraction of sp³-hybridized carbons (Fsp3) is 0. The fourth-order valence-corrected chi connectivity index (χ4v) is 2.04. The topological polar surface area (TPSA) is 84.0 Å². The van der Waals surface area contributed by atoms with Crippen LogP contribution in [0.1, 0.15) is 21.0 Å². The molecule has 3 aromatic rings. The molecular weight excluding hydrogens is 304 g/mol. The van der Waals surface area contributed by atoms with E-state index in [-0.39, 0.29) is 11.4 Å². The summed E-state index contributed by atoms with van der Waals surface area (Å²) >= 11 is 0. The monoisotopic (exact) mass is 318 g/mol. The molecule has 0 saturated carbocycles. The van der Waals surface area contributed by atoms with Crippen molar-refractivity contribution in [1.29, 1.82) is 0 Å². The highest BCUT2D eigenvalue weighted by atomic mass is 16.2. The predicted molar refractivity (Wildman–Crippen MR) is 90.8 cm³/mol. The number of hydrogen-bond acceptors (Lipinski definition) is 4. The number of amides is 2. The average Bonchev–Trinajstić information content (AvgIpc) is 2.63. The van der Waals surface area contributed by atoms with Gasteiger partial charge in [0.15, 0.2) is 0 Å². The van der Waals surface area contributed by atoms with E-state index in [0.717, 1.165) is 0 Å². The maximum absolute atomic E-state index is 12.2. The summed E-state index contributed by atoms with van der Waals surface area (Å²) < 4.78 is 0. The molecule has 0 spiro atoms. The lowest BCUT2D eigenvalue weighted by molar-refractivity contribution is 0.102. The van der Waals surface area contributed by atoms with Crippen LogP contribution in [0.25, 0.3) is 0 Å². The molecule has 2 aromatic carbocycles. The Morgan fingerprint density at radius 2 is 1.08 bits per heavy atom. The van der Waals surface area contributed by atoms with Crippen LogP contribution >= 0.6 is 0 Å². The molecule has 0 saturated heterocycles. The number of benzene rings is 2. The summed E-state index contributed by atoms with van der Waals surface area (Å²) in [6, 6.07) is 19.4. The summed E-state index contributed by atoms with van der Waals surface area (Å²) in [4.78, 5) is 32.3. The zero-order valence-corrected chi connectivity index (χ0v) is 12.6. The molecule has 6 nitrogen and oxygen atoms in total. The number of nitrogens with one attached hydrogen (secondary N) is 2. The van der Waals surface area contributed by atoms with Crippen LogP contribution in [0.5, 0.6) is 0 Å².